The molecule has 1 saturated carbocycles. The van der Waals surface area contributed by atoms with Gasteiger partial charge in [-0.2, -0.15) is 0 Å². The Labute approximate surface area is 103 Å². The molecule has 0 aliphatic heterocycles. The van der Waals surface area contributed by atoms with Gasteiger partial charge in [0.25, 0.3) is 0 Å². The van der Waals surface area contributed by atoms with Crippen molar-refractivity contribution in [3.8, 4) is 0 Å². The van der Waals surface area contributed by atoms with Crippen molar-refractivity contribution in [2.45, 2.75) is 44.9 Å². The summed E-state index contributed by atoms with van der Waals surface area (Å²) in [4.78, 5) is 0. The molecule has 17 heavy (non-hydrogen) atoms. The van der Waals surface area contributed by atoms with Gasteiger partial charge in [-0.05, 0) is 30.9 Å². The fourth-order valence-electron chi connectivity index (χ4n) is 2.60. The third-order valence-electron chi connectivity index (χ3n) is 3.68. The molecule has 0 aromatic heterocycles. The molecule has 0 radical (unpaired) electrons. The van der Waals surface area contributed by atoms with Crippen LogP contribution in [0, 0.1) is 11.7 Å². The van der Waals surface area contributed by atoms with Gasteiger partial charge < -0.3 is 5.32 Å². The van der Waals surface area contributed by atoms with E-state index in [4.69, 9.17) is 0 Å². The molecular formula is C15H22FN. The molecular weight excluding hydrogens is 213 g/mol. The summed E-state index contributed by atoms with van der Waals surface area (Å²) >= 11 is 0. The van der Waals surface area contributed by atoms with Gasteiger partial charge in [0.05, 0.1) is 5.69 Å². The Morgan fingerprint density at radius 2 is 1.65 bits per heavy atom. The molecule has 0 saturated heterocycles. The highest BCUT2D eigenvalue weighted by Gasteiger charge is 2.11. The summed E-state index contributed by atoms with van der Waals surface area (Å²) in [5.41, 5.74) is 0.648. The highest BCUT2D eigenvalue weighted by molar-refractivity contribution is 5.44. The summed E-state index contributed by atoms with van der Waals surface area (Å²) in [5.74, 6) is 0.577. The molecule has 0 bridgehead atoms. The summed E-state index contributed by atoms with van der Waals surface area (Å²) in [5, 5.41) is 3.26. The van der Waals surface area contributed by atoms with Gasteiger partial charge in [-0.1, -0.05) is 44.2 Å². The van der Waals surface area contributed by atoms with Crippen LogP contribution in [0.2, 0.25) is 0 Å². The summed E-state index contributed by atoms with van der Waals surface area (Å²) in [7, 11) is 0. The van der Waals surface area contributed by atoms with Gasteiger partial charge in [0, 0.05) is 6.54 Å². The zero-order valence-electron chi connectivity index (χ0n) is 10.4. The van der Waals surface area contributed by atoms with Gasteiger partial charge in [-0.3, -0.25) is 0 Å². The Morgan fingerprint density at radius 3 is 2.35 bits per heavy atom. The van der Waals surface area contributed by atoms with Gasteiger partial charge in [-0.25, -0.2) is 4.39 Å². The molecule has 0 heterocycles. The van der Waals surface area contributed by atoms with Gasteiger partial charge >= 0.3 is 0 Å². The lowest BCUT2D eigenvalue weighted by Crippen LogP contribution is -2.16. The Bertz CT molecular complexity index is 329. The molecule has 1 aromatic carbocycles. The van der Waals surface area contributed by atoms with E-state index in [0.717, 1.165) is 12.5 Å². The molecule has 1 aliphatic carbocycles. The smallest absolute Gasteiger partial charge is 0.146 e. The van der Waals surface area contributed by atoms with E-state index in [1.54, 1.807) is 6.07 Å². The second-order valence-electron chi connectivity index (χ2n) is 5.07. The van der Waals surface area contributed by atoms with Crippen LogP contribution < -0.4 is 5.32 Å². The van der Waals surface area contributed by atoms with Gasteiger partial charge in [0.15, 0.2) is 0 Å². The molecule has 1 nitrogen and oxygen atoms in total. The van der Waals surface area contributed by atoms with Crippen LogP contribution >= 0.6 is 0 Å². The third-order valence-corrected chi connectivity index (χ3v) is 3.68. The summed E-state index contributed by atoms with van der Waals surface area (Å²) in [6.45, 7) is 0.918. The van der Waals surface area contributed by atoms with E-state index in [-0.39, 0.29) is 5.82 Å². The van der Waals surface area contributed by atoms with Crippen molar-refractivity contribution in [2.75, 3.05) is 11.9 Å². The summed E-state index contributed by atoms with van der Waals surface area (Å²) < 4.78 is 13.4. The second kappa shape index (κ2) is 6.63. The monoisotopic (exact) mass is 235 g/mol. The lowest BCUT2D eigenvalue weighted by atomic mass is 9.91. The third kappa shape index (κ3) is 4.03. The zero-order valence-corrected chi connectivity index (χ0v) is 10.4. The van der Waals surface area contributed by atoms with Crippen LogP contribution in [0.25, 0.3) is 0 Å². The minimum atomic E-state index is -0.140. The van der Waals surface area contributed by atoms with E-state index in [9.17, 15) is 4.39 Å². The lowest BCUT2D eigenvalue weighted by molar-refractivity contribution is 0.392. The number of hydrogen-bond acceptors (Lipinski definition) is 1. The van der Waals surface area contributed by atoms with Crippen molar-refractivity contribution in [2.24, 2.45) is 5.92 Å². The molecule has 1 aliphatic rings. The molecule has 0 spiro atoms. The Balaban J connectivity index is 1.82. The van der Waals surface area contributed by atoms with E-state index in [0.29, 0.717) is 5.69 Å². The van der Waals surface area contributed by atoms with Crippen molar-refractivity contribution in [1.82, 2.24) is 0 Å². The molecule has 2 heteroatoms. The van der Waals surface area contributed by atoms with Gasteiger partial charge in [0.2, 0.25) is 0 Å². The van der Waals surface area contributed by atoms with Crippen LogP contribution in [-0.4, -0.2) is 6.54 Å². The molecule has 94 valence electrons. The van der Waals surface area contributed by atoms with E-state index in [1.165, 1.54) is 51.0 Å². The fourth-order valence-corrected chi connectivity index (χ4v) is 2.60. The maximum Gasteiger partial charge on any atom is 0.146 e. The summed E-state index contributed by atoms with van der Waals surface area (Å²) in [6, 6.07) is 6.94. The van der Waals surface area contributed by atoms with Crippen molar-refractivity contribution in [3.05, 3.63) is 30.1 Å². The van der Waals surface area contributed by atoms with Crippen LogP contribution in [-0.2, 0) is 0 Å². The van der Waals surface area contributed by atoms with Crippen LogP contribution in [0.3, 0.4) is 0 Å². The first-order valence-electron chi connectivity index (χ1n) is 6.84. The van der Waals surface area contributed by atoms with Crippen molar-refractivity contribution < 1.29 is 4.39 Å². The number of halogens is 1. The molecule has 0 unspecified atom stereocenters. The van der Waals surface area contributed by atoms with E-state index < -0.39 is 0 Å². The highest BCUT2D eigenvalue weighted by atomic mass is 19.1. The number of para-hydroxylation sites is 1. The number of nitrogens with one attached hydrogen (secondary N) is 1. The molecule has 1 N–H and O–H groups in total. The predicted octanol–water partition coefficient (Wildman–Crippen LogP) is 4.60. The molecule has 2 rings (SSSR count). The first-order chi connectivity index (χ1) is 8.36. The highest BCUT2D eigenvalue weighted by Crippen LogP contribution is 2.23. The standard InChI is InChI=1S/C15H22FN/c16-14-10-6-7-11-15(14)17-12-13-8-4-2-1-3-5-9-13/h6-7,10-11,13,17H,1-5,8-9,12H2. The van der Waals surface area contributed by atoms with E-state index >= 15 is 0 Å². The number of rotatable bonds is 3. The summed E-state index contributed by atoms with van der Waals surface area (Å²) in [6.07, 6.45) is 9.40. The number of hydrogen-bond donors (Lipinski definition) is 1. The predicted molar refractivity (Wildman–Crippen MR) is 70.7 cm³/mol. The largest absolute Gasteiger partial charge is 0.382 e. The Kier molecular flexibility index (Phi) is 4.84. The normalized spacial score (nSPS) is 18.4. The Hall–Kier alpha value is -1.05. The fraction of sp³-hybridized carbons (Fsp3) is 0.600. The minimum Gasteiger partial charge on any atom is -0.382 e. The van der Waals surface area contributed by atoms with Crippen molar-refractivity contribution in [1.29, 1.82) is 0 Å². The zero-order chi connectivity index (χ0) is 11.9. The van der Waals surface area contributed by atoms with Crippen LogP contribution in [0.5, 0.6) is 0 Å². The maximum atomic E-state index is 13.4. The van der Waals surface area contributed by atoms with Crippen molar-refractivity contribution >= 4 is 5.69 Å². The molecule has 1 aromatic rings. The topological polar surface area (TPSA) is 12.0 Å². The van der Waals surface area contributed by atoms with E-state index in [1.807, 2.05) is 12.1 Å². The maximum absolute atomic E-state index is 13.4. The van der Waals surface area contributed by atoms with Crippen LogP contribution in [0.4, 0.5) is 10.1 Å². The number of anilines is 1. The van der Waals surface area contributed by atoms with Crippen LogP contribution in [0.1, 0.15) is 44.9 Å². The molecule has 0 amide bonds. The second-order valence-corrected chi connectivity index (χ2v) is 5.07. The first-order valence-corrected chi connectivity index (χ1v) is 6.84. The van der Waals surface area contributed by atoms with Gasteiger partial charge in [-0.15, -0.1) is 0 Å². The first kappa shape index (κ1) is 12.4. The van der Waals surface area contributed by atoms with Gasteiger partial charge in [0.1, 0.15) is 5.82 Å². The SMILES string of the molecule is Fc1ccccc1NCC1CCCCCCC1. The average molecular weight is 235 g/mol. The van der Waals surface area contributed by atoms with Crippen molar-refractivity contribution in [3.63, 3.8) is 0 Å². The molecule has 0 atom stereocenters. The minimum absolute atomic E-state index is 0.140. The quantitative estimate of drug-likeness (QED) is 0.807. The molecule has 1 fully saturated rings. The van der Waals surface area contributed by atoms with Crippen LogP contribution in [0.15, 0.2) is 24.3 Å². The average Bonchev–Trinajstić information content (AvgIpc) is 2.29. The Morgan fingerprint density at radius 1 is 1.00 bits per heavy atom. The number of benzene rings is 1. The lowest BCUT2D eigenvalue weighted by Gasteiger charge is -2.20. The van der Waals surface area contributed by atoms with E-state index in [2.05, 4.69) is 5.32 Å².